The predicted octanol–water partition coefficient (Wildman–Crippen LogP) is 2.78. The van der Waals surface area contributed by atoms with Crippen molar-refractivity contribution in [2.75, 3.05) is 6.54 Å². The van der Waals surface area contributed by atoms with E-state index in [1.807, 2.05) is 59.6 Å². The molecule has 7 nitrogen and oxygen atoms in total. The highest BCUT2D eigenvalue weighted by molar-refractivity contribution is 5.95. The molecule has 1 aliphatic rings. The van der Waals surface area contributed by atoms with Crippen LogP contribution in [0.25, 0.3) is 5.69 Å². The maximum absolute atomic E-state index is 13.5. The molecule has 28 heavy (non-hydrogen) atoms. The number of imidazole rings is 1. The van der Waals surface area contributed by atoms with E-state index in [9.17, 15) is 4.79 Å². The SMILES string of the molecule is O=C(c1cccc(-n2cccn2)c1)N1CCc2[nH]cnc2[C@@H]1c1ccccn1. The molecule has 3 aromatic heterocycles. The van der Waals surface area contributed by atoms with Crippen LogP contribution < -0.4 is 0 Å². The Bertz CT molecular complexity index is 1100. The van der Waals surface area contributed by atoms with Gasteiger partial charge in [-0.2, -0.15) is 5.10 Å². The van der Waals surface area contributed by atoms with Crippen LogP contribution in [0, 0.1) is 0 Å². The molecule has 5 rings (SSSR count). The third kappa shape index (κ3) is 2.77. The lowest BCUT2D eigenvalue weighted by molar-refractivity contribution is 0.0687. The predicted molar refractivity (Wildman–Crippen MR) is 103 cm³/mol. The van der Waals surface area contributed by atoms with Crippen molar-refractivity contribution in [3.63, 3.8) is 0 Å². The van der Waals surface area contributed by atoms with Gasteiger partial charge < -0.3 is 9.88 Å². The number of aromatic nitrogens is 5. The van der Waals surface area contributed by atoms with E-state index in [-0.39, 0.29) is 11.9 Å². The van der Waals surface area contributed by atoms with E-state index < -0.39 is 0 Å². The summed E-state index contributed by atoms with van der Waals surface area (Å²) in [6.07, 6.45) is 7.75. The van der Waals surface area contributed by atoms with Gasteiger partial charge in [0.1, 0.15) is 6.04 Å². The Kier molecular flexibility index (Phi) is 3.97. The van der Waals surface area contributed by atoms with Crippen molar-refractivity contribution in [1.82, 2.24) is 29.6 Å². The number of pyridine rings is 1. The summed E-state index contributed by atoms with van der Waals surface area (Å²) < 4.78 is 1.75. The summed E-state index contributed by atoms with van der Waals surface area (Å²) in [5.74, 6) is -0.0432. The molecule has 0 aliphatic carbocycles. The van der Waals surface area contributed by atoms with Gasteiger partial charge in [0.15, 0.2) is 0 Å². The topological polar surface area (TPSA) is 79.7 Å². The maximum Gasteiger partial charge on any atom is 0.254 e. The molecule has 1 amide bonds. The molecular formula is C21H18N6O. The van der Waals surface area contributed by atoms with Gasteiger partial charge in [0, 0.05) is 42.8 Å². The number of amides is 1. The minimum atomic E-state index is -0.308. The minimum absolute atomic E-state index is 0.0432. The van der Waals surface area contributed by atoms with Crippen molar-refractivity contribution >= 4 is 5.91 Å². The Morgan fingerprint density at radius 2 is 2.04 bits per heavy atom. The monoisotopic (exact) mass is 370 g/mol. The fourth-order valence-electron chi connectivity index (χ4n) is 3.70. The molecule has 4 aromatic rings. The minimum Gasteiger partial charge on any atom is -0.348 e. The lowest BCUT2D eigenvalue weighted by Gasteiger charge is -2.34. The van der Waals surface area contributed by atoms with E-state index in [0.717, 1.165) is 29.2 Å². The van der Waals surface area contributed by atoms with Crippen LogP contribution in [0.3, 0.4) is 0 Å². The van der Waals surface area contributed by atoms with Gasteiger partial charge in [-0.05, 0) is 36.4 Å². The number of carbonyl (C=O) groups excluding carboxylic acids is 1. The first kappa shape index (κ1) is 16.4. The van der Waals surface area contributed by atoms with E-state index in [1.165, 1.54) is 0 Å². The van der Waals surface area contributed by atoms with Gasteiger partial charge in [-0.3, -0.25) is 9.78 Å². The highest BCUT2D eigenvalue weighted by Crippen LogP contribution is 2.33. The molecule has 0 spiro atoms. The van der Waals surface area contributed by atoms with Crippen molar-refractivity contribution in [3.8, 4) is 5.69 Å². The zero-order chi connectivity index (χ0) is 18.9. The molecule has 138 valence electrons. The highest BCUT2D eigenvalue weighted by atomic mass is 16.2. The van der Waals surface area contributed by atoms with E-state index in [0.29, 0.717) is 12.1 Å². The van der Waals surface area contributed by atoms with Gasteiger partial charge >= 0.3 is 0 Å². The second-order valence-electron chi connectivity index (χ2n) is 6.67. The van der Waals surface area contributed by atoms with Gasteiger partial charge in [-0.1, -0.05) is 12.1 Å². The van der Waals surface area contributed by atoms with Crippen LogP contribution in [-0.2, 0) is 6.42 Å². The molecule has 0 saturated carbocycles. The molecule has 0 radical (unpaired) electrons. The van der Waals surface area contributed by atoms with Gasteiger partial charge in [0.2, 0.25) is 0 Å². The molecule has 7 heteroatoms. The lowest BCUT2D eigenvalue weighted by atomic mass is 9.98. The van der Waals surface area contributed by atoms with Gasteiger partial charge in [0.05, 0.1) is 23.4 Å². The standard InChI is InChI=1S/C21H18N6O/c28-21(15-5-3-6-16(13-15)27-11-4-10-25-27)26-12-8-17-19(24-14-23-17)20(26)18-7-1-2-9-22-18/h1-7,9-11,13-14,20H,8,12H2,(H,23,24)/t20-/m0/s1. The molecule has 1 N–H and O–H groups in total. The summed E-state index contributed by atoms with van der Waals surface area (Å²) in [7, 11) is 0. The first-order valence-corrected chi connectivity index (χ1v) is 9.15. The van der Waals surface area contributed by atoms with Gasteiger partial charge in [-0.15, -0.1) is 0 Å². The van der Waals surface area contributed by atoms with Crippen LogP contribution in [0.15, 0.2) is 73.4 Å². The Hall–Kier alpha value is -3.74. The number of hydrogen-bond acceptors (Lipinski definition) is 4. The van der Waals surface area contributed by atoms with Crippen LogP contribution in [0.1, 0.15) is 33.5 Å². The molecule has 1 atom stereocenters. The number of hydrogen-bond donors (Lipinski definition) is 1. The Labute approximate surface area is 161 Å². The fourth-order valence-corrected chi connectivity index (χ4v) is 3.70. The third-order valence-corrected chi connectivity index (χ3v) is 5.02. The zero-order valence-corrected chi connectivity index (χ0v) is 15.1. The number of carbonyl (C=O) groups is 1. The van der Waals surface area contributed by atoms with Crippen molar-refractivity contribution in [2.24, 2.45) is 0 Å². The molecular weight excluding hydrogens is 352 g/mol. The summed E-state index contributed by atoms with van der Waals surface area (Å²) in [4.78, 5) is 27.5. The molecule has 0 bridgehead atoms. The van der Waals surface area contributed by atoms with Crippen LogP contribution >= 0.6 is 0 Å². The molecule has 0 fully saturated rings. The van der Waals surface area contributed by atoms with E-state index in [1.54, 1.807) is 23.4 Å². The lowest BCUT2D eigenvalue weighted by Crippen LogP contribution is -2.41. The third-order valence-electron chi connectivity index (χ3n) is 5.02. The zero-order valence-electron chi connectivity index (χ0n) is 15.1. The van der Waals surface area contributed by atoms with Crippen LogP contribution in [0.4, 0.5) is 0 Å². The van der Waals surface area contributed by atoms with Crippen molar-refractivity contribution in [1.29, 1.82) is 0 Å². The number of H-pyrrole nitrogens is 1. The van der Waals surface area contributed by atoms with Crippen molar-refractivity contribution < 1.29 is 4.79 Å². The summed E-state index contributed by atoms with van der Waals surface area (Å²) in [5, 5.41) is 4.25. The largest absolute Gasteiger partial charge is 0.348 e. The highest BCUT2D eigenvalue weighted by Gasteiger charge is 2.35. The first-order chi connectivity index (χ1) is 13.8. The Balaban J connectivity index is 1.54. The van der Waals surface area contributed by atoms with Gasteiger partial charge in [0.25, 0.3) is 5.91 Å². The average molecular weight is 370 g/mol. The average Bonchev–Trinajstić information content (AvgIpc) is 3.45. The second kappa shape index (κ2) is 6.77. The number of rotatable bonds is 3. The van der Waals surface area contributed by atoms with E-state index >= 15 is 0 Å². The Morgan fingerprint density at radius 3 is 2.86 bits per heavy atom. The van der Waals surface area contributed by atoms with E-state index in [2.05, 4.69) is 20.1 Å². The molecule has 4 heterocycles. The molecule has 1 aliphatic heterocycles. The Morgan fingerprint density at radius 1 is 1.07 bits per heavy atom. The quantitative estimate of drug-likeness (QED) is 0.601. The fraction of sp³-hybridized carbons (Fsp3) is 0.143. The number of nitrogens with one attached hydrogen (secondary N) is 1. The maximum atomic E-state index is 13.5. The summed E-state index contributed by atoms with van der Waals surface area (Å²) >= 11 is 0. The number of benzene rings is 1. The van der Waals surface area contributed by atoms with Crippen molar-refractivity contribution in [2.45, 2.75) is 12.5 Å². The van der Waals surface area contributed by atoms with Gasteiger partial charge in [-0.25, -0.2) is 9.67 Å². The summed E-state index contributed by atoms with van der Waals surface area (Å²) in [6.45, 7) is 0.598. The smallest absolute Gasteiger partial charge is 0.254 e. The second-order valence-corrected chi connectivity index (χ2v) is 6.67. The molecule has 0 saturated heterocycles. The summed E-state index contributed by atoms with van der Waals surface area (Å²) in [6, 6.07) is 14.8. The molecule has 0 unspecified atom stereocenters. The number of fused-ring (bicyclic) bond motifs is 1. The number of nitrogens with zero attached hydrogens (tertiary/aromatic N) is 5. The number of aromatic amines is 1. The summed E-state index contributed by atoms with van der Waals surface area (Å²) in [5.41, 5.74) is 4.20. The normalized spacial score (nSPS) is 16.0. The van der Waals surface area contributed by atoms with E-state index in [4.69, 9.17) is 0 Å². The van der Waals surface area contributed by atoms with Crippen LogP contribution in [0.5, 0.6) is 0 Å². The van der Waals surface area contributed by atoms with Crippen LogP contribution in [0.2, 0.25) is 0 Å². The van der Waals surface area contributed by atoms with Crippen molar-refractivity contribution in [3.05, 3.63) is 96.1 Å². The van der Waals surface area contributed by atoms with Crippen LogP contribution in [-0.4, -0.2) is 42.1 Å². The molecule has 1 aromatic carbocycles. The first-order valence-electron chi connectivity index (χ1n) is 9.15.